The summed E-state index contributed by atoms with van der Waals surface area (Å²) in [5.74, 6) is -1.21. The molecule has 2 rings (SSSR count). The maximum atomic E-state index is 11.8. The summed E-state index contributed by atoms with van der Waals surface area (Å²) in [7, 11) is 0. The molecule has 110 valence electrons. The zero-order chi connectivity index (χ0) is 15.4. The van der Waals surface area contributed by atoms with Crippen molar-refractivity contribution >= 4 is 44.8 Å². The topological polar surface area (TPSA) is 75.6 Å². The molecule has 7 heteroatoms. The molecular weight excluding hydrogens is 358 g/mol. The van der Waals surface area contributed by atoms with Gasteiger partial charge in [0.15, 0.2) is 11.5 Å². The molecule has 2 N–H and O–H groups in total. The van der Waals surface area contributed by atoms with E-state index >= 15 is 0 Å². The highest BCUT2D eigenvalue weighted by Gasteiger charge is 2.14. The van der Waals surface area contributed by atoms with Gasteiger partial charge in [0.2, 0.25) is 0 Å². The molecule has 1 aromatic carbocycles. The summed E-state index contributed by atoms with van der Waals surface area (Å²) in [5, 5.41) is 13.2. The van der Waals surface area contributed by atoms with E-state index in [0.717, 1.165) is 21.4 Å². The molecule has 0 aliphatic rings. The van der Waals surface area contributed by atoms with E-state index in [0.29, 0.717) is 5.69 Å². The minimum Gasteiger partial charge on any atom is -0.482 e. The van der Waals surface area contributed by atoms with Crippen molar-refractivity contribution in [2.45, 2.75) is 6.92 Å². The number of carboxylic acid groups (broad SMARTS) is 1. The van der Waals surface area contributed by atoms with Gasteiger partial charge in [-0.3, -0.25) is 4.79 Å². The van der Waals surface area contributed by atoms with Crippen molar-refractivity contribution < 1.29 is 19.4 Å². The van der Waals surface area contributed by atoms with Crippen LogP contribution in [-0.4, -0.2) is 23.6 Å². The molecular formula is C14H12BrNO4S. The predicted octanol–water partition coefficient (Wildman–Crippen LogP) is 3.53. The van der Waals surface area contributed by atoms with Crippen molar-refractivity contribution in [1.29, 1.82) is 0 Å². The van der Waals surface area contributed by atoms with Gasteiger partial charge in [-0.1, -0.05) is 15.9 Å². The van der Waals surface area contributed by atoms with Gasteiger partial charge >= 0.3 is 5.97 Å². The molecule has 0 saturated carbocycles. The molecule has 0 radical (unpaired) electrons. The Kier molecular flexibility index (Phi) is 4.98. The molecule has 1 amide bonds. The molecule has 0 atom stereocenters. The van der Waals surface area contributed by atoms with Crippen molar-refractivity contribution in [2.24, 2.45) is 0 Å². The number of ether oxygens (including phenoxy) is 1. The molecule has 2 aromatic rings. The zero-order valence-electron chi connectivity index (χ0n) is 11.1. The Hall–Kier alpha value is -1.86. The fraction of sp³-hybridized carbons (Fsp3) is 0.143. The van der Waals surface area contributed by atoms with E-state index < -0.39 is 5.97 Å². The van der Waals surface area contributed by atoms with Crippen LogP contribution in [0.1, 0.15) is 15.2 Å². The monoisotopic (exact) mass is 369 g/mol. The third kappa shape index (κ3) is 4.05. The molecule has 21 heavy (non-hydrogen) atoms. The molecule has 0 spiro atoms. The second-order valence-electron chi connectivity index (χ2n) is 4.22. The summed E-state index contributed by atoms with van der Waals surface area (Å²) in [6.07, 6.45) is 0. The molecule has 1 aromatic heterocycles. The standard InChI is InChI=1S/C14H12BrNO4S/c1-8-6-9(2-3-10(8)15)16-12(17)7-20-11-4-5-21-13(11)14(18)19/h2-6H,7H2,1H3,(H,16,17)(H,18,19). The molecule has 5 nitrogen and oxygen atoms in total. The number of hydrogen-bond acceptors (Lipinski definition) is 4. The number of rotatable bonds is 5. The van der Waals surface area contributed by atoms with E-state index in [1.54, 1.807) is 11.4 Å². The van der Waals surface area contributed by atoms with Gasteiger partial charge in [0.25, 0.3) is 5.91 Å². The highest BCUT2D eigenvalue weighted by Crippen LogP contribution is 2.24. The van der Waals surface area contributed by atoms with Gasteiger partial charge < -0.3 is 15.2 Å². The first kappa shape index (κ1) is 15.5. The van der Waals surface area contributed by atoms with Gasteiger partial charge in [0, 0.05) is 10.2 Å². The minimum atomic E-state index is -1.07. The maximum absolute atomic E-state index is 11.8. The van der Waals surface area contributed by atoms with E-state index in [-0.39, 0.29) is 23.1 Å². The summed E-state index contributed by atoms with van der Waals surface area (Å²) in [6.45, 7) is 1.67. The molecule has 0 bridgehead atoms. The van der Waals surface area contributed by atoms with Crippen LogP contribution in [0.5, 0.6) is 5.75 Å². The Bertz CT molecular complexity index is 683. The van der Waals surface area contributed by atoms with E-state index in [9.17, 15) is 9.59 Å². The van der Waals surface area contributed by atoms with Gasteiger partial charge in [0.05, 0.1) is 0 Å². The highest BCUT2D eigenvalue weighted by molar-refractivity contribution is 9.10. The third-order valence-corrected chi connectivity index (χ3v) is 4.40. The number of thiophene rings is 1. The summed E-state index contributed by atoms with van der Waals surface area (Å²) in [4.78, 5) is 22.8. The molecule has 0 aliphatic carbocycles. The van der Waals surface area contributed by atoms with Crippen molar-refractivity contribution in [3.8, 4) is 5.75 Å². The second-order valence-corrected chi connectivity index (χ2v) is 5.99. The van der Waals surface area contributed by atoms with Crippen LogP contribution in [0.4, 0.5) is 5.69 Å². The summed E-state index contributed by atoms with van der Waals surface area (Å²) >= 11 is 4.44. The number of aryl methyl sites for hydroxylation is 1. The lowest BCUT2D eigenvalue weighted by atomic mass is 10.2. The number of carbonyl (C=O) groups is 2. The zero-order valence-corrected chi connectivity index (χ0v) is 13.5. The fourth-order valence-electron chi connectivity index (χ4n) is 1.63. The van der Waals surface area contributed by atoms with Crippen molar-refractivity contribution in [3.05, 3.63) is 44.6 Å². The van der Waals surface area contributed by atoms with Crippen molar-refractivity contribution in [3.63, 3.8) is 0 Å². The van der Waals surface area contributed by atoms with Gasteiger partial charge in [-0.25, -0.2) is 4.79 Å². The first-order chi connectivity index (χ1) is 9.97. The highest BCUT2D eigenvalue weighted by atomic mass is 79.9. The first-order valence-electron chi connectivity index (χ1n) is 5.97. The number of nitrogens with one attached hydrogen (secondary N) is 1. The van der Waals surface area contributed by atoms with Gasteiger partial charge in [-0.15, -0.1) is 11.3 Å². The van der Waals surface area contributed by atoms with Gasteiger partial charge in [-0.05, 0) is 42.1 Å². The quantitative estimate of drug-likeness (QED) is 0.844. The third-order valence-electron chi connectivity index (χ3n) is 2.62. The predicted molar refractivity (Wildman–Crippen MR) is 84.3 cm³/mol. The average molecular weight is 370 g/mol. The Morgan fingerprint density at radius 3 is 2.81 bits per heavy atom. The van der Waals surface area contributed by atoms with E-state index in [4.69, 9.17) is 9.84 Å². The number of amides is 1. The van der Waals surface area contributed by atoms with Crippen molar-refractivity contribution in [1.82, 2.24) is 0 Å². The van der Waals surface area contributed by atoms with E-state index in [1.165, 1.54) is 6.07 Å². The van der Waals surface area contributed by atoms with Crippen LogP contribution in [-0.2, 0) is 4.79 Å². The van der Waals surface area contributed by atoms with Crippen LogP contribution >= 0.6 is 27.3 Å². The van der Waals surface area contributed by atoms with E-state index in [1.807, 2.05) is 19.1 Å². The Labute approximate surface area is 133 Å². The molecule has 1 heterocycles. The normalized spacial score (nSPS) is 10.2. The number of carbonyl (C=O) groups excluding carboxylic acids is 1. The van der Waals surface area contributed by atoms with Gasteiger partial charge in [-0.2, -0.15) is 0 Å². The summed E-state index contributed by atoms with van der Waals surface area (Å²) in [5.41, 5.74) is 1.66. The lowest BCUT2D eigenvalue weighted by Crippen LogP contribution is -2.20. The number of carboxylic acids is 1. The molecule has 0 unspecified atom stereocenters. The Morgan fingerprint density at radius 1 is 1.38 bits per heavy atom. The van der Waals surface area contributed by atoms with Crippen LogP contribution in [0.3, 0.4) is 0 Å². The second kappa shape index (κ2) is 6.73. The summed E-state index contributed by atoms with van der Waals surface area (Å²) in [6, 6.07) is 6.97. The SMILES string of the molecule is Cc1cc(NC(=O)COc2ccsc2C(=O)O)ccc1Br. The van der Waals surface area contributed by atoms with Crippen molar-refractivity contribution in [2.75, 3.05) is 11.9 Å². The number of anilines is 1. The average Bonchev–Trinajstić information content (AvgIpc) is 2.89. The van der Waals surface area contributed by atoms with Gasteiger partial charge in [0.1, 0.15) is 5.75 Å². The van der Waals surface area contributed by atoms with Crippen LogP contribution in [0.25, 0.3) is 0 Å². The lowest BCUT2D eigenvalue weighted by Gasteiger charge is -2.08. The fourth-order valence-corrected chi connectivity index (χ4v) is 2.55. The largest absolute Gasteiger partial charge is 0.482 e. The minimum absolute atomic E-state index is 0.0855. The Balaban J connectivity index is 1.94. The van der Waals surface area contributed by atoms with Crippen LogP contribution in [0.15, 0.2) is 34.1 Å². The van der Waals surface area contributed by atoms with Crippen LogP contribution in [0.2, 0.25) is 0 Å². The molecule has 0 aliphatic heterocycles. The van der Waals surface area contributed by atoms with E-state index in [2.05, 4.69) is 21.2 Å². The molecule has 0 fully saturated rings. The Morgan fingerprint density at radius 2 is 2.14 bits per heavy atom. The maximum Gasteiger partial charge on any atom is 0.349 e. The number of halogens is 1. The number of hydrogen-bond donors (Lipinski definition) is 2. The van der Waals surface area contributed by atoms with Crippen LogP contribution < -0.4 is 10.1 Å². The van der Waals surface area contributed by atoms with Crippen LogP contribution in [0, 0.1) is 6.92 Å². The summed E-state index contributed by atoms with van der Waals surface area (Å²) < 4.78 is 6.19. The first-order valence-corrected chi connectivity index (χ1v) is 7.64. The smallest absolute Gasteiger partial charge is 0.349 e. The lowest BCUT2D eigenvalue weighted by molar-refractivity contribution is -0.118. The molecule has 0 saturated heterocycles. The number of aromatic carboxylic acids is 1. The number of benzene rings is 1.